The molecular formula is C10H15F2N3. The molecule has 0 spiro atoms. The van der Waals surface area contributed by atoms with Crippen molar-refractivity contribution >= 4 is 0 Å². The Bertz CT molecular complexity index is 325. The maximum atomic E-state index is 12.9. The molecular weight excluding hydrogens is 200 g/mol. The lowest BCUT2D eigenvalue weighted by Gasteiger charge is -2.29. The topological polar surface area (TPSA) is 43.8 Å². The molecule has 0 saturated heterocycles. The number of aromatic nitrogens is 2. The van der Waals surface area contributed by atoms with Crippen molar-refractivity contribution in [2.45, 2.75) is 44.2 Å². The first kappa shape index (κ1) is 10.5. The molecule has 2 rings (SSSR count). The van der Waals surface area contributed by atoms with Crippen LogP contribution in [0.3, 0.4) is 0 Å². The summed E-state index contributed by atoms with van der Waals surface area (Å²) in [5, 5.41) is 4.15. The van der Waals surface area contributed by atoms with Crippen LogP contribution in [0.1, 0.15) is 37.4 Å². The molecule has 0 aromatic carbocycles. The number of nitrogens with two attached hydrogens (primary N) is 1. The molecule has 0 radical (unpaired) electrons. The first-order chi connectivity index (χ1) is 7.12. The Morgan fingerprint density at radius 3 is 2.73 bits per heavy atom. The van der Waals surface area contributed by atoms with Crippen molar-refractivity contribution in [2.75, 3.05) is 0 Å². The van der Waals surface area contributed by atoms with Crippen LogP contribution in [0.2, 0.25) is 0 Å². The number of hydrogen-bond acceptors (Lipinski definition) is 2. The Labute approximate surface area is 87.3 Å². The van der Waals surface area contributed by atoms with Gasteiger partial charge in [-0.25, -0.2) is 8.78 Å². The van der Waals surface area contributed by atoms with Gasteiger partial charge in [-0.3, -0.25) is 4.68 Å². The normalized spacial score (nSPS) is 21.8. The summed E-state index contributed by atoms with van der Waals surface area (Å²) in [5.74, 6) is -2.48. The SMILES string of the molecule is NCc1ccnn1C1CCC(F)(F)CC1. The van der Waals surface area contributed by atoms with Crippen molar-refractivity contribution in [3.05, 3.63) is 18.0 Å². The monoisotopic (exact) mass is 215 g/mol. The number of halogens is 2. The molecule has 1 aromatic heterocycles. The molecule has 1 saturated carbocycles. The third kappa shape index (κ3) is 2.17. The van der Waals surface area contributed by atoms with Crippen LogP contribution in [0.4, 0.5) is 8.78 Å². The van der Waals surface area contributed by atoms with Crippen molar-refractivity contribution in [3.63, 3.8) is 0 Å². The zero-order valence-corrected chi connectivity index (χ0v) is 8.50. The van der Waals surface area contributed by atoms with E-state index in [0.717, 1.165) is 5.69 Å². The van der Waals surface area contributed by atoms with Crippen molar-refractivity contribution in [3.8, 4) is 0 Å². The first-order valence-corrected chi connectivity index (χ1v) is 5.23. The van der Waals surface area contributed by atoms with E-state index in [9.17, 15) is 8.78 Å². The van der Waals surface area contributed by atoms with Crippen LogP contribution in [0.15, 0.2) is 12.3 Å². The second-order valence-electron chi connectivity index (χ2n) is 4.06. The van der Waals surface area contributed by atoms with Crippen LogP contribution < -0.4 is 5.73 Å². The molecule has 1 fully saturated rings. The second-order valence-corrected chi connectivity index (χ2v) is 4.06. The van der Waals surface area contributed by atoms with Gasteiger partial charge in [0.05, 0.1) is 11.7 Å². The van der Waals surface area contributed by atoms with Crippen LogP contribution in [0.25, 0.3) is 0 Å². The number of rotatable bonds is 2. The highest BCUT2D eigenvalue weighted by molar-refractivity contribution is 5.01. The van der Waals surface area contributed by atoms with Gasteiger partial charge in [0.25, 0.3) is 0 Å². The average Bonchev–Trinajstić information content (AvgIpc) is 2.65. The molecule has 84 valence electrons. The van der Waals surface area contributed by atoms with E-state index in [-0.39, 0.29) is 18.9 Å². The molecule has 5 heteroatoms. The minimum Gasteiger partial charge on any atom is -0.325 e. The first-order valence-electron chi connectivity index (χ1n) is 5.23. The van der Waals surface area contributed by atoms with Crippen LogP contribution in [0.5, 0.6) is 0 Å². The Kier molecular flexibility index (Phi) is 2.73. The molecule has 0 bridgehead atoms. The lowest BCUT2D eigenvalue weighted by atomic mass is 9.92. The van der Waals surface area contributed by atoms with Gasteiger partial charge < -0.3 is 5.73 Å². The predicted octanol–water partition coefficient (Wildman–Crippen LogP) is 2.09. The quantitative estimate of drug-likeness (QED) is 0.821. The summed E-state index contributed by atoms with van der Waals surface area (Å²) in [7, 11) is 0. The molecule has 1 aliphatic rings. The fraction of sp³-hybridized carbons (Fsp3) is 0.700. The standard InChI is InChI=1S/C10H15F2N3/c11-10(12)4-1-8(2-5-10)15-9(7-13)3-6-14-15/h3,6,8H,1-2,4-5,7,13H2. The summed E-state index contributed by atoms with van der Waals surface area (Å²) < 4.78 is 27.7. The highest BCUT2D eigenvalue weighted by atomic mass is 19.3. The highest BCUT2D eigenvalue weighted by Gasteiger charge is 2.35. The Morgan fingerprint density at radius 1 is 1.47 bits per heavy atom. The maximum Gasteiger partial charge on any atom is 0.248 e. The molecule has 1 aliphatic carbocycles. The van der Waals surface area contributed by atoms with E-state index in [1.165, 1.54) is 0 Å². The van der Waals surface area contributed by atoms with E-state index in [1.807, 2.05) is 6.07 Å². The van der Waals surface area contributed by atoms with Gasteiger partial charge in [0, 0.05) is 25.6 Å². The molecule has 1 heterocycles. The minimum absolute atomic E-state index is 0.0401. The zero-order chi connectivity index (χ0) is 10.9. The van der Waals surface area contributed by atoms with E-state index in [1.54, 1.807) is 10.9 Å². The van der Waals surface area contributed by atoms with Crippen molar-refractivity contribution < 1.29 is 8.78 Å². The van der Waals surface area contributed by atoms with E-state index in [4.69, 9.17) is 5.73 Å². The van der Waals surface area contributed by atoms with E-state index >= 15 is 0 Å². The molecule has 15 heavy (non-hydrogen) atoms. The van der Waals surface area contributed by atoms with Gasteiger partial charge in [-0.2, -0.15) is 5.10 Å². The van der Waals surface area contributed by atoms with Gasteiger partial charge in [0.2, 0.25) is 5.92 Å². The molecule has 0 unspecified atom stereocenters. The van der Waals surface area contributed by atoms with Gasteiger partial charge in [0.1, 0.15) is 0 Å². The Hall–Kier alpha value is -0.970. The van der Waals surface area contributed by atoms with E-state index < -0.39 is 5.92 Å². The Morgan fingerprint density at radius 2 is 2.13 bits per heavy atom. The number of alkyl halides is 2. The van der Waals surface area contributed by atoms with Crippen LogP contribution in [-0.4, -0.2) is 15.7 Å². The van der Waals surface area contributed by atoms with Crippen LogP contribution in [0, 0.1) is 0 Å². The van der Waals surface area contributed by atoms with Gasteiger partial charge in [-0.05, 0) is 18.9 Å². The fourth-order valence-electron chi connectivity index (χ4n) is 2.10. The van der Waals surface area contributed by atoms with E-state index in [2.05, 4.69) is 5.10 Å². The Balaban J connectivity index is 2.07. The highest BCUT2D eigenvalue weighted by Crippen LogP contribution is 2.38. The predicted molar refractivity (Wildman–Crippen MR) is 52.6 cm³/mol. The van der Waals surface area contributed by atoms with Crippen molar-refractivity contribution in [1.82, 2.24) is 9.78 Å². The zero-order valence-electron chi connectivity index (χ0n) is 8.50. The summed E-state index contributed by atoms with van der Waals surface area (Å²) in [6.45, 7) is 0.410. The van der Waals surface area contributed by atoms with Gasteiger partial charge in [-0.1, -0.05) is 0 Å². The molecule has 0 atom stereocenters. The molecule has 2 N–H and O–H groups in total. The summed E-state index contributed by atoms with van der Waals surface area (Å²) in [4.78, 5) is 0. The number of hydrogen-bond donors (Lipinski definition) is 1. The smallest absolute Gasteiger partial charge is 0.248 e. The second kappa shape index (κ2) is 3.89. The minimum atomic E-state index is -2.48. The lowest BCUT2D eigenvalue weighted by molar-refractivity contribution is -0.0452. The van der Waals surface area contributed by atoms with Gasteiger partial charge in [0.15, 0.2) is 0 Å². The molecule has 3 nitrogen and oxygen atoms in total. The van der Waals surface area contributed by atoms with Gasteiger partial charge >= 0.3 is 0 Å². The largest absolute Gasteiger partial charge is 0.325 e. The number of nitrogens with zero attached hydrogens (tertiary/aromatic N) is 2. The molecule has 0 amide bonds. The summed E-state index contributed by atoms with van der Waals surface area (Å²) in [6.07, 6.45) is 2.57. The summed E-state index contributed by atoms with van der Waals surface area (Å²) in [6, 6.07) is 1.94. The molecule has 1 aromatic rings. The fourth-order valence-corrected chi connectivity index (χ4v) is 2.10. The molecule has 0 aliphatic heterocycles. The third-order valence-corrected chi connectivity index (χ3v) is 2.99. The summed E-state index contributed by atoms with van der Waals surface area (Å²) in [5.41, 5.74) is 6.47. The van der Waals surface area contributed by atoms with Crippen LogP contribution >= 0.6 is 0 Å². The van der Waals surface area contributed by atoms with Gasteiger partial charge in [-0.15, -0.1) is 0 Å². The summed E-state index contributed by atoms with van der Waals surface area (Å²) >= 11 is 0. The van der Waals surface area contributed by atoms with E-state index in [0.29, 0.717) is 19.4 Å². The van der Waals surface area contributed by atoms with Crippen molar-refractivity contribution in [2.24, 2.45) is 5.73 Å². The average molecular weight is 215 g/mol. The van der Waals surface area contributed by atoms with Crippen LogP contribution in [-0.2, 0) is 6.54 Å². The lowest BCUT2D eigenvalue weighted by Crippen LogP contribution is -2.27. The maximum absolute atomic E-state index is 12.9. The van der Waals surface area contributed by atoms with Crippen molar-refractivity contribution in [1.29, 1.82) is 0 Å². The third-order valence-electron chi connectivity index (χ3n) is 2.99.